The summed E-state index contributed by atoms with van der Waals surface area (Å²) in [5.41, 5.74) is 0.0185. The van der Waals surface area contributed by atoms with Gasteiger partial charge < -0.3 is 0 Å². The van der Waals surface area contributed by atoms with Crippen LogP contribution in [0.5, 0.6) is 0 Å². The van der Waals surface area contributed by atoms with Gasteiger partial charge in [-0.05, 0) is 17.9 Å². The number of alkyl halides is 1. The van der Waals surface area contributed by atoms with Crippen LogP contribution in [0, 0.1) is 0 Å². The van der Waals surface area contributed by atoms with Gasteiger partial charge in [0.2, 0.25) is 0 Å². The molecule has 1 rings (SSSR count). The van der Waals surface area contributed by atoms with Crippen molar-refractivity contribution in [2.75, 3.05) is 0 Å². The molecular weight excluding hydrogens is 219 g/mol. The molecule has 0 saturated heterocycles. The van der Waals surface area contributed by atoms with Gasteiger partial charge in [0.15, 0.2) is 12.0 Å². The third kappa shape index (κ3) is 2.55. The molecule has 0 N–H and O–H groups in total. The molecular formula is C13H25FOSi. The highest BCUT2D eigenvalue weighted by Gasteiger charge is 2.47. The standard InChI is InChI=1S/C13H25FOSi/c1-13(2,3)16(4,5)11-9-7-6-8-10(14)12(11)15/h10-11H,6-9H2,1-5H3/t10-,11-/m1/s1. The summed E-state index contributed by atoms with van der Waals surface area (Å²) in [6.45, 7) is 11.1. The van der Waals surface area contributed by atoms with Crippen LogP contribution in [0.3, 0.4) is 0 Å². The minimum atomic E-state index is -1.73. The van der Waals surface area contributed by atoms with E-state index in [1.54, 1.807) is 0 Å². The minimum absolute atomic E-state index is 0.0185. The van der Waals surface area contributed by atoms with Crippen LogP contribution in [0.25, 0.3) is 0 Å². The van der Waals surface area contributed by atoms with Crippen LogP contribution >= 0.6 is 0 Å². The van der Waals surface area contributed by atoms with E-state index in [0.717, 1.165) is 19.3 Å². The lowest BCUT2D eigenvalue weighted by molar-refractivity contribution is -0.123. The van der Waals surface area contributed by atoms with Gasteiger partial charge in [-0.2, -0.15) is 0 Å². The Morgan fingerprint density at radius 2 is 1.69 bits per heavy atom. The quantitative estimate of drug-likeness (QED) is 0.495. The van der Waals surface area contributed by atoms with Gasteiger partial charge in [-0.15, -0.1) is 0 Å². The molecule has 0 aromatic rings. The van der Waals surface area contributed by atoms with Crippen LogP contribution in [0.1, 0.15) is 46.5 Å². The SMILES string of the molecule is CC(C)(C)[Si](C)(C)[C@@H]1CCCC[C@@H](F)C1=O. The van der Waals surface area contributed by atoms with Gasteiger partial charge in [-0.1, -0.05) is 46.7 Å². The normalized spacial score (nSPS) is 29.0. The average Bonchev–Trinajstić information content (AvgIpc) is 2.28. The predicted octanol–water partition coefficient (Wildman–Crippen LogP) is 4.35. The van der Waals surface area contributed by atoms with Crippen LogP contribution < -0.4 is 0 Å². The van der Waals surface area contributed by atoms with Gasteiger partial charge in [0.25, 0.3) is 0 Å². The van der Waals surface area contributed by atoms with Gasteiger partial charge in [0.1, 0.15) is 0 Å². The molecule has 1 saturated carbocycles. The van der Waals surface area contributed by atoms with Crippen molar-refractivity contribution in [1.82, 2.24) is 0 Å². The third-order valence-electron chi connectivity index (χ3n) is 4.66. The molecule has 94 valence electrons. The smallest absolute Gasteiger partial charge is 0.167 e. The fourth-order valence-corrected chi connectivity index (χ4v) is 5.28. The first-order valence-electron chi connectivity index (χ1n) is 6.35. The molecule has 0 spiro atoms. The Labute approximate surface area is 99.8 Å². The molecule has 0 aliphatic heterocycles. The summed E-state index contributed by atoms with van der Waals surface area (Å²) in [5.74, 6) is -0.0934. The summed E-state index contributed by atoms with van der Waals surface area (Å²) in [5, 5.41) is 0.164. The second kappa shape index (κ2) is 4.59. The van der Waals surface area contributed by atoms with E-state index >= 15 is 0 Å². The molecule has 0 unspecified atom stereocenters. The van der Waals surface area contributed by atoms with Crippen molar-refractivity contribution in [2.24, 2.45) is 0 Å². The topological polar surface area (TPSA) is 17.1 Å². The van der Waals surface area contributed by atoms with Crippen molar-refractivity contribution in [2.45, 2.75) is 76.3 Å². The van der Waals surface area contributed by atoms with Gasteiger partial charge >= 0.3 is 0 Å². The number of carbonyl (C=O) groups is 1. The van der Waals surface area contributed by atoms with Crippen molar-refractivity contribution in [3.63, 3.8) is 0 Å². The number of rotatable bonds is 1. The Hall–Kier alpha value is -0.183. The lowest BCUT2D eigenvalue weighted by Crippen LogP contribution is -2.46. The molecule has 16 heavy (non-hydrogen) atoms. The molecule has 0 amide bonds. The van der Waals surface area contributed by atoms with Crippen LogP contribution in [-0.4, -0.2) is 20.0 Å². The zero-order valence-electron chi connectivity index (χ0n) is 11.3. The van der Waals surface area contributed by atoms with Crippen molar-refractivity contribution >= 4 is 13.9 Å². The zero-order chi connectivity index (χ0) is 12.6. The molecule has 0 aromatic carbocycles. The molecule has 0 radical (unpaired) electrons. The summed E-state index contributed by atoms with van der Waals surface area (Å²) in [6.07, 6.45) is 2.06. The Bertz CT molecular complexity index is 268. The first kappa shape index (κ1) is 13.9. The van der Waals surface area contributed by atoms with E-state index in [-0.39, 0.29) is 16.4 Å². The summed E-state index contributed by atoms with van der Waals surface area (Å²) >= 11 is 0. The summed E-state index contributed by atoms with van der Waals surface area (Å²) in [7, 11) is -1.73. The lowest BCUT2D eigenvalue weighted by atomic mass is 10.1. The number of carbonyl (C=O) groups excluding carboxylic acids is 1. The summed E-state index contributed by atoms with van der Waals surface area (Å²) < 4.78 is 13.7. The first-order valence-corrected chi connectivity index (χ1v) is 9.43. The number of hydrogen-bond donors (Lipinski definition) is 0. The Balaban J connectivity index is 2.96. The Morgan fingerprint density at radius 3 is 2.19 bits per heavy atom. The molecule has 3 heteroatoms. The van der Waals surface area contributed by atoms with E-state index in [0.29, 0.717) is 6.42 Å². The fraction of sp³-hybridized carbons (Fsp3) is 0.923. The molecule has 0 aromatic heterocycles. The number of Topliss-reactive ketones (excluding diaryl/α,β-unsaturated/α-hetero) is 1. The predicted molar refractivity (Wildman–Crippen MR) is 69.3 cm³/mol. The van der Waals surface area contributed by atoms with Gasteiger partial charge in [-0.3, -0.25) is 4.79 Å². The first-order chi connectivity index (χ1) is 7.18. The van der Waals surface area contributed by atoms with Crippen LogP contribution in [0.2, 0.25) is 23.7 Å². The summed E-state index contributed by atoms with van der Waals surface area (Å²) in [4.78, 5) is 12.1. The van der Waals surface area contributed by atoms with Crippen LogP contribution in [0.4, 0.5) is 4.39 Å². The van der Waals surface area contributed by atoms with Crippen LogP contribution in [0.15, 0.2) is 0 Å². The van der Waals surface area contributed by atoms with E-state index < -0.39 is 14.2 Å². The van der Waals surface area contributed by atoms with E-state index in [9.17, 15) is 9.18 Å². The van der Waals surface area contributed by atoms with Crippen molar-refractivity contribution < 1.29 is 9.18 Å². The minimum Gasteiger partial charge on any atom is -0.296 e. The molecule has 2 atom stereocenters. The molecule has 1 aliphatic rings. The van der Waals surface area contributed by atoms with E-state index in [1.807, 2.05) is 0 Å². The maximum Gasteiger partial charge on any atom is 0.167 e. The number of halogens is 1. The zero-order valence-corrected chi connectivity index (χ0v) is 12.3. The number of ketones is 1. The highest BCUT2D eigenvalue weighted by Crippen LogP contribution is 2.47. The monoisotopic (exact) mass is 244 g/mol. The Kier molecular flexibility index (Phi) is 3.98. The Morgan fingerprint density at radius 1 is 1.19 bits per heavy atom. The van der Waals surface area contributed by atoms with Crippen molar-refractivity contribution in [3.8, 4) is 0 Å². The van der Waals surface area contributed by atoms with Crippen LogP contribution in [-0.2, 0) is 4.79 Å². The van der Waals surface area contributed by atoms with Gasteiger partial charge in [0, 0.05) is 5.54 Å². The van der Waals surface area contributed by atoms with Gasteiger partial charge in [-0.25, -0.2) is 4.39 Å². The van der Waals surface area contributed by atoms with Crippen molar-refractivity contribution in [3.05, 3.63) is 0 Å². The van der Waals surface area contributed by atoms with E-state index in [4.69, 9.17) is 0 Å². The largest absolute Gasteiger partial charge is 0.296 e. The molecule has 0 heterocycles. The third-order valence-corrected chi connectivity index (χ3v) is 10.8. The highest BCUT2D eigenvalue weighted by molar-refractivity contribution is 6.84. The summed E-state index contributed by atoms with van der Waals surface area (Å²) in [6, 6.07) is 0. The fourth-order valence-electron chi connectivity index (χ4n) is 2.41. The maximum absolute atomic E-state index is 13.7. The van der Waals surface area contributed by atoms with Gasteiger partial charge in [0.05, 0.1) is 8.07 Å². The molecule has 0 bridgehead atoms. The van der Waals surface area contributed by atoms with Crippen molar-refractivity contribution in [1.29, 1.82) is 0 Å². The number of hydrogen-bond acceptors (Lipinski definition) is 1. The second-order valence-electron chi connectivity index (χ2n) is 6.68. The second-order valence-corrected chi connectivity index (χ2v) is 12.3. The average molecular weight is 244 g/mol. The molecule has 1 nitrogen and oxygen atoms in total. The van der Waals surface area contributed by atoms with E-state index in [1.165, 1.54) is 0 Å². The van der Waals surface area contributed by atoms with E-state index in [2.05, 4.69) is 33.9 Å². The molecule has 1 fully saturated rings. The lowest BCUT2D eigenvalue weighted by Gasteiger charge is -2.42. The highest BCUT2D eigenvalue weighted by atomic mass is 28.3. The molecule has 1 aliphatic carbocycles. The maximum atomic E-state index is 13.7.